The fourth-order valence-corrected chi connectivity index (χ4v) is 3.33. The van der Waals surface area contributed by atoms with Crippen molar-refractivity contribution in [2.45, 2.75) is 30.8 Å². The molecule has 0 amide bonds. The summed E-state index contributed by atoms with van der Waals surface area (Å²) < 4.78 is 33.6. The van der Waals surface area contributed by atoms with Crippen LogP contribution in [0.4, 0.5) is 0 Å². The SMILES string of the molecule is CC(NS(=O)(=O)c1cnn(CCO)c1)C1CCOC1. The van der Waals surface area contributed by atoms with Gasteiger partial charge in [0.25, 0.3) is 0 Å². The molecule has 0 radical (unpaired) electrons. The first-order chi connectivity index (χ1) is 9.03. The van der Waals surface area contributed by atoms with Gasteiger partial charge in [-0.25, -0.2) is 13.1 Å². The van der Waals surface area contributed by atoms with E-state index >= 15 is 0 Å². The van der Waals surface area contributed by atoms with E-state index in [9.17, 15) is 8.42 Å². The molecule has 8 heteroatoms. The number of ether oxygens (including phenoxy) is 1. The molecule has 0 saturated carbocycles. The molecule has 108 valence electrons. The van der Waals surface area contributed by atoms with Crippen molar-refractivity contribution in [3.63, 3.8) is 0 Å². The summed E-state index contributed by atoms with van der Waals surface area (Å²) in [7, 11) is -3.56. The average Bonchev–Trinajstić information content (AvgIpc) is 2.99. The third-order valence-electron chi connectivity index (χ3n) is 3.26. The van der Waals surface area contributed by atoms with Crippen LogP contribution >= 0.6 is 0 Å². The molecular weight excluding hydrogens is 270 g/mol. The van der Waals surface area contributed by atoms with Crippen LogP contribution in [0, 0.1) is 5.92 Å². The minimum absolute atomic E-state index is 0.0790. The van der Waals surface area contributed by atoms with Gasteiger partial charge in [-0.15, -0.1) is 0 Å². The number of aromatic nitrogens is 2. The number of aliphatic hydroxyl groups excluding tert-OH is 1. The summed E-state index contributed by atoms with van der Waals surface area (Å²) in [4.78, 5) is 0.117. The zero-order valence-corrected chi connectivity index (χ0v) is 11.6. The minimum atomic E-state index is -3.56. The van der Waals surface area contributed by atoms with E-state index in [-0.39, 0.29) is 30.0 Å². The molecule has 2 N–H and O–H groups in total. The number of hydrogen-bond acceptors (Lipinski definition) is 5. The van der Waals surface area contributed by atoms with Gasteiger partial charge in [-0.2, -0.15) is 5.10 Å². The summed E-state index contributed by atoms with van der Waals surface area (Å²) in [6, 6.07) is -0.173. The van der Waals surface area contributed by atoms with E-state index in [0.29, 0.717) is 13.2 Å². The Morgan fingerprint density at radius 3 is 3.11 bits per heavy atom. The Morgan fingerprint density at radius 2 is 2.47 bits per heavy atom. The van der Waals surface area contributed by atoms with Crippen molar-refractivity contribution in [3.05, 3.63) is 12.4 Å². The number of nitrogens with zero attached hydrogens (tertiary/aromatic N) is 2. The molecule has 0 spiro atoms. The van der Waals surface area contributed by atoms with Gasteiger partial charge in [0.1, 0.15) is 4.90 Å². The second-order valence-electron chi connectivity index (χ2n) is 4.70. The molecule has 1 saturated heterocycles. The Kier molecular flexibility index (Phi) is 4.56. The maximum absolute atomic E-state index is 12.1. The molecule has 2 heterocycles. The Labute approximate surface area is 112 Å². The predicted molar refractivity (Wildman–Crippen MR) is 68.0 cm³/mol. The molecule has 2 rings (SSSR count). The number of rotatable bonds is 6. The van der Waals surface area contributed by atoms with Gasteiger partial charge >= 0.3 is 0 Å². The van der Waals surface area contributed by atoms with E-state index in [2.05, 4.69) is 9.82 Å². The molecule has 1 aromatic heterocycles. The van der Waals surface area contributed by atoms with Gasteiger partial charge in [-0.1, -0.05) is 0 Å². The zero-order chi connectivity index (χ0) is 13.9. The maximum Gasteiger partial charge on any atom is 0.243 e. The lowest BCUT2D eigenvalue weighted by Crippen LogP contribution is -2.38. The van der Waals surface area contributed by atoms with Gasteiger partial charge in [0, 0.05) is 24.8 Å². The van der Waals surface area contributed by atoms with Crippen molar-refractivity contribution in [1.29, 1.82) is 0 Å². The summed E-state index contributed by atoms with van der Waals surface area (Å²) >= 11 is 0. The van der Waals surface area contributed by atoms with Crippen molar-refractivity contribution in [2.24, 2.45) is 5.92 Å². The molecule has 2 unspecified atom stereocenters. The first-order valence-corrected chi connectivity index (χ1v) is 7.74. The lowest BCUT2D eigenvalue weighted by atomic mass is 10.0. The Hall–Kier alpha value is -0.960. The average molecular weight is 289 g/mol. The first-order valence-electron chi connectivity index (χ1n) is 6.26. The largest absolute Gasteiger partial charge is 0.394 e. The van der Waals surface area contributed by atoms with E-state index in [4.69, 9.17) is 9.84 Å². The summed E-state index contributed by atoms with van der Waals surface area (Å²) in [5.74, 6) is 0.210. The van der Waals surface area contributed by atoms with Gasteiger partial charge in [-0.3, -0.25) is 4.68 Å². The smallest absolute Gasteiger partial charge is 0.243 e. The predicted octanol–water partition coefficient (Wildman–Crippen LogP) is -0.421. The van der Waals surface area contributed by atoms with Gasteiger partial charge in [0.15, 0.2) is 0 Å². The summed E-state index contributed by atoms with van der Waals surface area (Å²) in [6.45, 7) is 3.32. The first kappa shape index (κ1) is 14.4. The molecule has 2 atom stereocenters. The molecule has 7 nitrogen and oxygen atoms in total. The fraction of sp³-hybridized carbons (Fsp3) is 0.727. The highest BCUT2D eigenvalue weighted by molar-refractivity contribution is 7.89. The number of sulfonamides is 1. The summed E-state index contributed by atoms with van der Waals surface area (Å²) in [5, 5.41) is 12.7. The van der Waals surface area contributed by atoms with E-state index in [1.54, 1.807) is 0 Å². The molecule has 1 fully saturated rings. The molecule has 1 aromatic rings. The third kappa shape index (κ3) is 3.53. The molecule has 0 aliphatic carbocycles. The summed E-state index contributed by atoms with van der Waals surface area (Å²) in [6.07, 6.45) is 3.57. The van der Waals surface area contributed by atoms with Crippen molar-refractivity contribution < 1.29 is 18.3 Å². The molecule has 0 aromatic carbocycles. The van der Waals surface area contributed by atoms with E-state index in [1.807, 2.05) is 6.92 Å². The topological polar surface area (TPSA) is 93.5 Å². The number of hydrogen-bond donors (Lipinski definition) is 2. The molecule has 1 aliphatic heterocycles. The Bertz CT molecular complexity index is 508. The zero-order valence-electron chi connectivity index (χ0n) is 10.8. The van der Waals surface area contributed by atoms with Crippen LogP contribution in [0.5, 0.6) is 0 Å². The van der Waals surface area contributed by atoms with Gasteiger partial charge in [0.2, 0.25) is 10.0 Å². The normalized spacial score (nSPS) is 21.7. The standard InChI is InChI=1S/C11H19N3O4S/c1-9(10-2-5-18-8-10)13-19(16,17)11-6-12-14(7-11)3-4-15/h6-7,9-10,13,15H,2-5,8H2,1H3. The van der Waals surface area contributed by atoms with Crippen LogP contribution in [-0.2, 0) is 21.3 Å². The van der Waals surface area contributed by atoms with Crippen LogP contribution in [0.15, 0.2) is 17.3 Å². The second-order valence-corrected chi connectivity index (χ2v) is 6.41. The number of nitrogens with one attached hydrogen (secondary N) is 1. The molecule has 19 heavy (non-hydrogen) atoms. The van der Waals surface area contributed by atoms with E-state index in [1.165, 1.54) is 17.1 Å². The van der Waals surface area contributed by atoms with Crippen molar-refractivity contribution in [1.82, 2.24) is 14.5 Å². The third-order valence-corrected chi connectivity index (χ3v) is 4.78. The van der Waals surface area contributed by atoms with Crippen LogP contribution in [0.2, 0.25) is 0 Å². The maximum atomic E-state index is 12.1. The molecule has 0 bridgehead atoms. The Morgan fingerprint density at radius 1 is 1.68 bits per heavy atom. The van der Waals surface area contributed by atoms with Crippen LogP contribution in [0.3, 0.4) is 0 Å². The van der Waals surface area contributed by atoms with E-state index in [0.717, 1.165) is 6.42 Å². The van der Waals surface area contributed by atoms with Crippen molar-refractivity contribution in [2.75, 3.05) is 19.8 Å². The van der Waals surface area contributed by atoms with Crippen molar-refractivity contribution in [3.8, 4) is 0 Å². The van der Waals surface area contributed by atoms with Gasteiger partial charge in [-0.05, 0) is 13.3 Å². The van der Waals surface area contributed by atoms with Crippen molar-refractivity contribution >= 4 is 10.0 Å². The monoisotopic (exact) mass is 289 g/mol. The Balaban J connectivity index is 2.03. The highest BCUT2D eigenvalue weighted by atomic mass is 32.2. The van der Waals surface area contributed by atoms with Crippen LogP contribution < -0.4 is 4.72 Å². The molecule has 1 aliphatic rings. The second kappa shape index (κ2) is 6.00. The quantitative estimate of drug-likeness (QED) is 0.742. The highest BCUT2D eigenvalue weighted by Crippen LogP contribution is 2.18. The van der Waals surface area contributed by atoms with Crippen LogP contribution in [0.25, 0.3) is 0 Å². The lowest BCUT2D eigenvalue weighted by Gasteiger charge is -2.18. The lowest BCUT2D eigenvalue weighted by molar-refractivity contribution is 0.180. The summed E-state index contributed by atoms with van der Waals surface area (Å²) in [5.41, 5.74) is 0. The minimum Gasteiger partial charge on any atom is -0.394 e. The van der Waals surface area contributed by atoms with Gasteiger partial charge < -0.3 is 9.84 Å². The van der Waals surface area contributed by atoms with Gasteiger partial charge in [0.05, 0.1) is 26.0 Å². The van der Waals surface area contributed by atoms with Crippen LogP contribution in [0.1, 0.15) is 13.3 Å². The highest BCUT2D eigenvalue weighted by Gasteiger charge is 2.27. The van der Waals surface area contributed by atoms with E-state index < -0.39 is 10.0 Å². The fourth-order valence-electron chi connectivity index (χ4n) is 2.06. The number of aliphatic hydroxyl groups is 1. The molecular formula is C11H19N3O4S. The van der Waals surface area contributed by atoms with Crippen LogP contribution in [-0.4, -0.2) is 49.2 Å².